The first-order valence-corrected chi connectivity index (χ1v) is 4.97. The molecule has 0 aromatic heterocycles. The second kappa shape index (κ2) is 7.58. The number of rotatable bonds is 4. The molecule has 3 amide bonds. The van der Waals surface area contributed by atoms with Gasteiger partial charge in [0.1, 0.15) is 0 Å². The molecule has 16 heavy (non-hydrogen) atoms. The molecule has 3 N–H and O–H groups in total. The normalized spacial score (nSPS) is 13.6. The van der Waals surface area contributed by atoms with Crippen LogP contribution in [0, 0.1) is 0 Å². The number of nitrogens with one attached hydrogen (secondary N) is 1. The Balaban J connectivity index is 0.00000106. The third kappa shape index (κ3) is 4.22. The Bertz CT molecular complexity index is 282. The Hall–Kier alpha value is -1.69. The predicted octanol–water partition coefficient (Wildman–Crippen LogP) is -0.987. The Morgan fingerprint density at radius 1 is 1.31 bits per heavy atom. The summed E-state index contributed by atoms with van der Waals surface area (Å²) in [5.74, 6) is -0.684. The highest BCUT2D eigenvalue weighted by atomic mass is 16.2. The first-order chi connectivity index (χ1) is 7.65. The van der Waals surface area contributed by atoms with E-state index >= 15 is 0 Å². The molecule has 0 unspecified atom stereocenters. The van der Waals surface area contributed by atoms with Crippen LogP contribution in [-0.2, 0) is 14.4 Å². The fourth-order valence-corrected chi connectivity index (χ4v) is 1.17. The van der Waals surface area contributed by atoms with Gasteiger partial charge in [-0.1, -0.05) is 0 Å². The fourth-order valence-electron chi connectivity index (χ4n) is 1.17. The third-order valence-electron chi connectivity index (χ3n) is 1.96. The standard InChI is InChI=1S/C9H12N2O3.CH5N/c1-10-7(12)3-2-6-11-8(13)4-5-9(11)14;1-2/h4-5H,2-3,6H2,1H3,(H,10,12);2H2,1H3. The van der Waals surface area contributed by atoms with Crippen LogP contribution >= 0.6 is 0 Å². The molecule has 90 valence electrons. The maximum absolute atomic E-state index is 11.0. The van der Waals surface area contributed by atoms with Gasteiger partial charge in [-0.2, -0.15) is 0 Å². The summed E-state index contributed by atoms with van der Waals surface area (Å²) in [7, 11) is 3.05. The SMILES string of the molecule is CN.CNC(=O)CCCN1C(=O)C=CC1=O. The molecule has 0 aromatic carbocycles. The Labute approximate surface area is 94.5 Å². The molecule has 0 radical (unpaired) electrons. The van der Waals surface area contributed by atoms with Gasteiger partial charge in [0.05, 0.1) is 0 Å². The van der Waals surface area contributed by atoms with Crippen molar-refractivity contribution in [2.24, 2.45) is 5.73 Å². The summed E-state index contributed by atoms with van der Waals surface area (Å²) >= 11 is 0. The number of nitrogens with two attached hydrogens (primary N) is 1. The van der Waals surface area contributed by atoms with Crippen LogP contribution in [0.5, 0.6) is 0 Å². The van der Waals surface area contributed by atoms with Crippen molar-refractivity contribution < 1.29 is 14.4 Å². The molecule has 1 heterocycles. The monoisotopic (exact) mass is 227 g/mol. The Morgan fingerprint density at radius 2 is 1.81 bits per heavy atom. The summed E-state index contributed by atoms with van der Waals surface area (Å²) in [6.45, 7) is 0.304. The molecule has 1 aliphatic heterocycles. The van der Waals surface area contributed by atoms with E-state index in [9.17, 15) is 14.4 Å². The molecule has 0 saturated heterocycles. The van der Waals surface area contributed by atoms with E-state index in [0.29, 0.717) is 19.4 Å². The Kier molecular flexibility index (Phi) is 6.78. The van der Waals surface area contributed by atoms with E-state index in [-0.39, 0.29) is 17.7 Å². The van der Waals surface area contributed by atoms with Gasteiger partial charge in [-0.05, 0) is 13.5 Å². The summed E-state index contributed by atoms with van der Waals surface area (Å²) in [5, 5.41) is 2.47. The number of nitrogens with zero attached hydrogens (tertiary/aromatic N) is 1. The van der Waals surface area contributed by atoms with E-state index in [0.717, 1.165) is 4.90 Å². The number of amides is 3. The summed E-state index contributed by atoms with van der Waals surface area (Å²) in [5.41, 5.74) is 4.50. The van der Waals surface area contributed by atoms with Crippen molar-refractivity contribution >= 4 is 17.7 Å². The lowest BCUT2D eigenvalue weighted by Gasteiger charge is -2.12. The maximum atomic E-state index is 11.0. The highest BCUT2D eigenvalue weighted by Crippen LogP contribution is 2.05. The van der Waals surface area contributed by atoms with Crippen LogP contribution in [0.1, 0.15) is 12.8 Å². The van der Waals surface area contributed by atoms with Gasteiger partial charge < -0.3 is 11.1 Å². The minimum atomic E-state index is -0.299. The quantitative estimate of drug-likeness (QED) is 0.603. The first-order valence-electron chi connectivity index (χ1n) is 4.97. The van der Waals surface area contributed by atoms with Crippen LogP contribution in [0.3, 0.4) is 0 Å². The second-order valence-corrected chi connectivity index (χ2v) is 2.94. The molecule has 6 heteroatoms. The molecule has 0 saturated carbocycles. The van der Waals surface area contributed by atoms with Gasteiger partial charge in [0.15, 0.2) is 0 Å². The summed E-state index contributed by atoms with van der Waals surface area (Å²) in [6.07, 6.45) is 3.30. The van der Waals surface area contributed by atoms with Gasteiger partial charge in [-0.25, -0.2) is 0 Å². The lowest BCUT2D eigenvalue weighted by atomic mass is 10.3. The summed E-state index contributed by atoms with van der Waals surface area (Å²) < 4.78 is 0. The number of hydrogen-bond acceptors (Lipinski definition) is 4. The molecule has 1 aliphatic rings. The Morgan fingerprint density at radius 3 is 2.25 bits per heavy atom. The van der Waals surface area contributed by atoms with Gasteiger partial charge in [-0.3, -0.25) is 19.3 Å². The van der Waals surface area contributed by atoms with Crippen LogP contribution < -0.4 is 11.1 Å². The van der Waals surface area contributed by atoms with E-state index in [1.807, 2.05) is 0 Å². The molecule has 0 atom stereocenters. The summed E-state index contributed by atoms with van der Waals surface area (Å²) in [4.78, 5) is 34.1. The average Bonchev–Trinajstić information content (AvgIpc) is 2.62. The van der Waals surface area contributed by atoms with Crippen LogP contribution in [0.2, 0.25) is 0 Å². The largest absolute Gasteiger partial charge is 0.359 e. The molecule has 0 aromatic rings. The molecule has 6 nitrogen and oxygen atoms in total. The van der Waals surface area contributed by atoms with Crippen molar-refractivity contribution in [2.75, 3.05) is 20.6 Å². The van der Waals surface area contributed by atoms with Crippen LogP contribution in [0.25, 0.3) is 0 Å². The first kappa shape index (κ1) is 14.3. The van der Waals surface area contributed by atoms with Gasteiger partial charge in [0, 0.05) is 32.2 Å². The van der Waals surface area contributed by atoms with E-state index in [1.165, 1.54) is 19.2 Å². The minimum Gasteiger partial charge on any atom is -0.359 e. The van der Waals surface area contributed by atoms with Crippen molar-refractivity contribution in [1.29, 1.82) is 0 Å². The lowest BCUT2D eigenvalue weighted by molar-refractivity contribution is -0.137. The van der Waals surface area contributed by atoms with Crippen molar-refractivity contribution in [3.63, 3.8) is 0 Å². The van der Waals surface area contributed by atoms with Crippen molar-refractivity contribution in [3.8, 4) is 0 Å². The van der Waals surface area contributed by atoms with E-state index in [1.54, 1.807) is 7.05 Å². The van der Waals surface area contributed by atoms with E-state index in [4.69, 9.17) is 0 Å². The van der Waals surface area contributed by atoms with Gasteiger partial charge >= 0.3 is 0 Å². The van der Waals surface area contributed by atoms with E-state index < -0.39 is 0 Å². The number of carbonyl (C=O) groups excluding carboxylic acids is 3. The highest BCUT2D eigenvalue weighted by Gasteiger charge is 2.22. The molecule has 1 rings (SSSR count). The number of imide groups is 1. The second-order valence-electron chi connectivity index (χ2n) is 2.94. The van der Waals surface area contributed by atoms with Gasteiger partial charge in [0.25, 0.3) is 11.8 Å². The molecule has 0 spiro atoms. The third-order valence-corrected chi connectivity index (χ3v) is 1.96. The molecular formula is C10H17N3O3. The van der Waals surface area contributed by atoms with Crippen molar-refractivity contribution in [3.05, 3.63) is 12.2 Å². The van der Waals surface area contributed by atoms with Crippen LogP contribution in [0.15, 0.2) is 12.2 Å². The van der Waals surface area contributed by atoms with Gasteiger partial charge in [-0.15, -0.1) is 0 Å². The van der Waals surface area contributed by atoms with Crippen molar-refractivity contribution in [1.82, 2.24) is 10.2 Å². The number of carbonyl (C=O) groups is 3. The zero-order valence-corrected chi connectivity index (χ0v) is 9.53. The van der Waals surface area contributed by atoms with Gasteiger partial charge in [0.2, 0.25) is 5.91 Å². The van der Waals surface area contributed by atoms with Crippen LogP contribution in [0.4, 0.5) is 0 Å². The predicted molar refractivity (Wildman–Crippen MR) is 59.3 cm³/mol. The smallest absolute Gasteiger partial charge is 0.253 e. The van der Waals surface area contributed by atoms with Crippen molar-refractivity contribution in [2.45, 2.75) is 12.8 Å². The average molecular weight is 227 g/mol. The zero-order chi connectivity index (χ0) is 12.6. The minimum absolute atomic E-state index is 0.0861. The molecule has 0 bridgehead atoms. The zero-order valence-electron chi connectivity index (χ0n) is 9.53. The molecule has 0 fully saturated rings. The van der Waals surface area contributed by atoms with Crippen LogP contribution in [-0.4, -0.2) is 43.3 Å². The highest BCUT2D eigenvalue weighted by molar-refractivity contribution is 6.12. The topological polar surface area (TPSA) is 92.5 Å². The number of hydrogen-bond donors (Lipinski definition) is 2. The molecular weight excluding hydrogens is 210 g/mol. The maximum Gasteiger partial charge on any atom is 0.253 e. The van der Waals surface area contributed by atoms with E-state index in [2.05, 4.69) is 11.1 Å². The lowest BCUT2D eigenvalue weighted by Crippen LogP contribution is -2.31. The molecule has 0 aliphatic carbocycles. The summed E-state index contributed by atoms with van der Waals surface area (Å²) in [6, 6.07) is 0. The fraction of sp³-hybridized carbons (Fsp3) is 0.500.